The maximum Gasteiger partial charge on any atom is 0.225 e. The van der Waals surface area contributed by atoms with Gasteiger partial charge in [0, 0.05) is 51.4 Å². The van der Waals surface area contributed by atoms with Crippen LogP contribution in [0.4, 0.5) is 15.9 Å². The Bertz CT molecular complexity index is 1400. The van der Waals surface area contributed by atoms with E-state index in [1.54, 1.807) is 18.5 Å². The second-order valence-corrected chi connectivity index (χ2v) is 9.87. The van der Waals surface area contributed by atoms with Crippen LogP contribution in [-0.2, 0) is 4.79 Å². The lowest BCUT2D eigenvalue weighted by Gasteiger charge is -2.39. The Kier molecular flexibility index (Phi) is 6.20. The molecular formula is C28H30FN7O. The summed E-state index contributed by atoms with van der Waals surface area (Å²) in [5, 5.41) is 5.57. The maximum atomic E-state index is 14.2. The minimum Gasteiger partial charge on any atom is -0.366 e. The number of hydrogen-bond donors (Lipinski definition) is 0. The van der Waals surface area contributed by atoms with Crippen LogP contribution < -0.4 is 9.80 Å². The summed E-state index contributed by atoms with van der Waals surface area (Å²) in [5.74, 6) is 0.877. The number of fused-ring (bicyclic) bond motifs is 1. The molecule has 6 rings (SSSR count). The van der Waals surface area contributed by atoms with Crippen LogP contribution in [0.25, 0.3) is 16.7 Å². The van der Waals surface area contributed by atoms with E-state index < -0.39 is 0 Å². The number of halogens is 1. The van der Waals surface area contributed by atoms with Crippen molar-refractivity contribution in [3.05, 3.63) is 72.4 Å². The van der Waals surface area contributed by atoms with Gasteiger partial charge in [-0.05, 0) is 44.0 Å². The third kappa shape index (κ3) is 4.61. The van der Waals surface area contributed by atoms with Crippen molar-refractivity contribution in [1.82, 2.24) is 24.6 Å². The number of rotatable bonds is 4. The Balaban J connectivity index is 1.09. The average Bonchev–Trinajstić information content (AvgIpc) is 3.38. The van der Waals surface area contributed by atoms with E-state index in [9.17, 15) is 9.18 Å². The van der Waals surface area contributed by atoms with Crippen molar-refractivity contribution < 1.29 is 9.18 Å². The second-order valence-electron chi connectivity index (χ2n) is 9.87. The molecule has 2 fully saturated rings. The maximum absolute atomic E-state index is 14.2. The first-order valence-electron chi connectivity index (χ1n) is 12.9. The minimum atomic E-state index is -0.210. The summed E-state index contributed by atoms with van der Waals surface area (Å²) in [5.41, 5.74) is 3.46. The number of para-hydroxylation sites is 1. The molecule has 0 bridgehead atoms. The molecule has 0 N–H and O–H groups in total. The Hall–Kier alpha value is -4.01. The number of nitrogens with zero attached hydrogens (tertiary/aromatic N) is 7. The first kappa shape index (κ1) is 23.4. The highest BCUT2D eigenvalue weighted by atomic mass is 19.1. The lowest BCUT2D eigenvalue weighted by molar-refractivity contribution is -0.136. The summed E-state index contributed by atoms with van der Waals surface area (Å²) in [6, 6.07) is 15.1. The third-order valence-electron chi connectivity index (χ3n) is 7.52. The van der Waals surface area contributed by atoms with Crippen molar-refractivity contribution in [3.63, 3.8) is 0 Å². The number of carbonyl (C=O) groups is 1. The summed E-state index contributed by atoms with van der Waals surface area (Å²) >= 11 is 0. The molecule has 0 aliphatic carbocycles. The zero-order valence-electron chi connectivity index (χ0n) is 20.9. The number of anilines is 2. The fourth-order valence-electron chi connectivity index (χ4n) is 5.38. The van der Waals surface area contributed by atoms with Gasteiger partial charge in [-0.2, -0.15) is 0 Å². The van der Waals surface area contributed by atoms with E-state index >= 15 is 0 Å². The first-order chi connectivity index (χ1) is 18.1. The molecule has 8 nitrogen and oxygen atoms in total. The highest BCUT2D eigenvalue weighted by molar-refractivity contribution is 5.87. The lowest BCUT2D eigenvalue weighted by atomic mass is 9.94. The van der Waals surface area contributed by atoms with E-state index in [4.69, 9.17) is 0 Å². The molecule has 4 heterocycles. The number of piperidine rings is 1. The normalized spacial score (nSPS) is 17.0. The molecule has 2 aliphatic heterocycles. The Morgan fingerprint density at radius 3 is 2.35 bits per heavy atom. The summed E-state index contributed by atoms with van der Waals surface area (Å²) in [4.78, 5) is 28.5. The van der Waals surface area contributed by atoms with E-state index in [2.05, 4.69) is 39.0 Å². The number of benzene rings is 2. The molecule has 0 unspecified atom stereocenters. The van der Waals surface area contributed by atoms with E-state index in [0.29, 0.717) is 37.5 Å². The molecule has 2 aliphatic rings. The highest BCUT2D eigenvalue weighted by Crippen LogP contribution is 2.29. The van der Waals surface area contributed by atoms with Crippen LogP contribution in [0.15, 0.2) is 61.1 Å². The van der Waals surface area contributed by atoms with E-state index in [0.717, 1.165) is 42.8 Å². The predicted molar refractivity (Wildman–Crippen MR) is 142 cm³/mol. The zero-order valence-corrected chi connectivity index (χ0v) is 20.9. The molecule has 9 heteroatoms. The number of amides is 1. The Labute approximate surface area is 215 Å². The van der Waals surface area contributed by atoms with Crippen molar-refractivity contribution in [3.8, 4) is 5.69 Å². The van der Waals surface area contributed by atoms with Crippen LogP contribution in [-0.4, -0.2) is 69.8 Å². The van der Waals surface area contributed by atoms with Crippen LogP contribution in [0.5, 0.6) is 0 Å². The molecule has 2 aromatic carbocycles. The largest absolute Gasteiger partial charge is 0.366 e. The Morgan fingerprint density at radius 1 is 0.892 bits per heavy atom. The number of hydrogen-bond acceptors (Lipinski definition) is 6. The number of piperazine rings is 1. The van der Waals surface area contributed by atoms with Gasteiger partial charge in [-0.25, -0.2) is 19.0 Å². The monoisotopic (exact) mass is 499 g/mol. The van der Waals surface area contributed by atoms with Crippen LogP contribution in [0.1, 0.15) is 18.4 Å². The van der Waals surface area contributed by atoms with Gasteiger partial charge in [-0.15, -0.1) is 5.10 Å². The van der Waals surface area contributed by atoms with Crippen LogP contribution >= 0.6 is 0 Å². The van der Waals surface area contributed by atoms with Gasteiger partial charge in [0.2, 0.25) is 5.91 Å². The van der Waals surface area contributed by atoms with Crippen molar-refractivity contribution in [2.24, 2.45) is 5.92 Å². The zero-order chi connectivity index (χ0) is 25.4. The number of carbonyl (C=O) groups excluding carboxylic acids is 1. The van der Waals surface area contributed by atoms with Gasteiger partial charge in [0.1, 0.15) is 18.0 Å². The molecule has 0 radical (unpaired) electrons. The standard InChI is InChI=1S/C28H30FN7O/c1-20-6-8-22(9-7-20)36-18-23-26(32-36)30-19-31-27(23)34-12-10-21(11-13-34)28(37)35-16-14-33(15-17-35)25-5-3-2-4-24(25)29/h2-9,18-19,21H,10-17H2,1H3. The van der Waals surface area contributed by atoms with E-state index in [1.807, 2.05) is 38.9 Å². The molecule has 37 heavy (non-hydrogen) atoms. The SMILES string of the molecule is Cc1ccc(-n2cc3c(N4CCC(C(=O)N5CCN(c6ccccc6F)CC5)CC4)ncnc3n2)cc1. The van der Waals surface area contributed by atoms with E-state index in [1.165, 1.54) is 11.6 Å². The van der Waals surface area contributed by atoms with Gasteiger partial charge in [-0.3, -0.25) is 4.79 Å². The minimum absolute atomic E-state index is 0.00358. The predicted octanol–water partition coefficient (Wildman–Crippen LogP) is 3.83. The molecule has 2 saturated heterocycles. The van der Waals surface area contributed by atoms with Gasteiger partial charge >= 0.3 is 0 Å². The lowest BCUT2D eigenvalue weighted by Crippen LogP contribution is -2.52. The fourth-order valence-corrected chi connectivity index (χ4v) is 5.38. The highest BCUT2D eigenvalue weighted by Gasteiger charge is 2.31. The first-order valence-corrected chi connectivity index (χ1v) is 12.9. The summed E-state index contributed by atoms with van der Waals surface area (Å²) in [7, 11) is 0. The average molecular weight is 500 g/mol. The van der Waals surface area contributed by atoms with Crippen LogP contribution in [0.3, 0.4) is 0 Å². The smallest absolute Gasteiger partial charge is 0.225 e. The van der Waals surface area contributed by atoms with Gasteiger partial charge in [-0.1, -0.05) is 29.8 Å². The third-order valence-corrected chi connectivity index (χ3v) is 7.52. The summed E-state index contributed by atoms with van der Waals surface area (Å²) in [6.07, 6.45) is 5.12. The summed E-state index contributed by atoms with van der Waals surface area (Å²) < 4.78 is 16.0. The van der Waals surface area contributed by atoms with Crippen molar-refractivity contribution in [2.45, 2.75) is 19.8 Å². The topological polar surface area (TPSA) is 70.4 Å². The van der Waals surface area contributed by atoms with Crippen molar-refractivity contribution >= 4 is 28.4 Å². The molecule has 4 aromatic rings. The van der Waals surface area contributed by atoms with Gasteiger partial charge in [0.15, 0.2) is 5.65 Å². The quantitative estimate of drug-likeness (QED) is 0.425. The number of aromatic nitrogens is 4. The van der Waals surface area contributed by atoms with Crippen molar-refractivity contribution in [1.29, 1.82) is 0 Å². The van der Waals surface area contributed by atoms with Crippen molar-refractivity contribution in [2.75, 3.05) is 49.1 Å². The molecule has 0 saturated carbocycles. The molecular weight excluding hydrogens is 469 g/mol. The molecule has 1 amide bonds. The molecule has 2 aromatic heterocycles. The van der Waals surface area contributed by atoms with Crippen LogP contribution in [0, 0.1) is 18.7 Å². The Morgan fingerprint density at radius 2 is 1.62 bits per heavy atom. The fraction of sp³-hybridized carbons (Fsp3) is 0.357. The second kappa shape index (κ2) is 9.80. The summed E-state index contributed by atoms with van der Waals surface area (Å²) in [6.45, 7) is 6.12. The van der Waals surface area contributed by atoms with Crippen LogP contribution in [0.2, 0.25) is 0 Å². The number of aryl methyl sites for hydroxylation is 1. The van der Waals surface area contributed by atoms with Gasteiger partial charge in [0.05, 0.1) is 16.8 Å². The molecule has 0 spiro atoms. The van der Waals surface area contributed by atoms with E-state index in [-0.39, 0.29) is 17.6 Å². The molecule has 0 atom stereocenters. The van der Waals surface area contributed by atoms with Gasteiger partial charge in [0.25, 0.3) is 0 Å². The van der Waals surface area contributed by atoms with Gasteiger partial charge < -0.3 is 14.7 Å². The molecule has 190 valence electrons.